The molecule has 4 nitrogen and oxygen atoms in total. The summed E-state index contributed by atoms with van der Waals surface area (Å²) in [7, 11) is -1.56. The maximum absolute atomic E-state index is 12.4. The molecule has 1 aliphatic rings. The number of rotatable bonds is 6. The van der Waals surface area contributed by atoms with Crippen LogP contribution in [0.4, 0.5) is 0 Å². The van der Waals surface area contributed by atoms with Crippen LogP contribution in [-0.2, 0) is 16.6 Å². The molecule has 2 N–H and O–H groups in total. The van der Waals surface area contributed by atoms with Gasteiger partial charge in [0.25, 0.3) is 0 Å². The molecule has 20 heavy (non-hydrogen) atoms. The zero-order valence-corrected chi connectivity index (χ0v) is 13.1. The number of hydrogen-bond donors (Lipinski definition) is 2. The highest BCUT2D eigenvalue weighted by Gasteiger charge is 2.30. The fourth-order valence-corrected chi connectivity index (χ4v) is 4.05. The maximum Gasteiger partial charge on any atom is 0.240 e. The van der Waals surface area contributed by atoms with Crippen molar-refractivity contribution in [1.82, 2.24) is 10.0 Å². The second-order valence-corrected chi connectivity index (χ2v) is 7.79. The third kappa shape index (κ3) is 3.81. The van der Waals surface area contributed by atoms with Gasteiger partial charge in [-0.3, -0.25) is 0 Å². The van der Waals surface area contributed by atoms with Gasteiger partial charge in [-0.05, 0) is 43.0 Å². The first kappa shape index (κ1) is 15.5. The Morgan fingerprint density at radius 2 is 1.95 bits per heavy atom. The molecule has 1 aromatic carbocycles. The fraction of sp³-hybridized carbons (Fsp3) is 0.600. The molecule has 0 aliphatic heterocycles. The number of sulfonamides is 1. The number of nitrogens with one attached hydrogen (secondary N) is 2. The van der Waals surface area contributed by atoms with E-state index in [9.17, 15) is 8.42 Å². The second-order valence-electron chi connectivity index (χ2n) is 6.02. The Hall–Kier alpha value is -0.910. The van der Waals surface area contributed by atoms with Crippen LogP contribution in [0.3, 0.4) is 0 Å². The molecule has 112 valence electrons. The average molecular weight is 296 g/mol. The summed E-state index contributed by atoms with van der Waals surface area (Å²) in [5.41, 5.74) is 1.10. The molecule has 1 aliphatic carbocycles. The minimum absolute atomic E-state index is 0.121. The van der Waals surface area contributed by atoms with Crippen molar-refractivity contribution in [3.63, 3.8) is 0 Å². The fourth-order valence-electron chi connectivity index (χ4n) is 2.78. The Morgan fingerprint density at radius 3 is 2.60 bits per heavy atom. The van der Waals surface area contributed by atoms with Crippen LogP contribution < -0.4 is 10.0 Å². The summed E-state index contributed by atoms with van der Waals surface area (Å²) >= 11 is 0. The average Bonchev–Trinajstić information content (AvgIpc) is 2.85. The zero-order valence-electron chi connectivity index (χ0n) is 12.3. The first-order chi connectivity index (χ1) is 9.45. The predicted octanol–water partition coefficient (Wildman–Crippen LogP) is 2.26. The van der Waals surface area contributed by atoms with Crippen molar-refractivity contribution in [3.8, 4) is 0 Å². The molecule has 0 spiro atoms. The highest BCUT2D eigenvalue weighted by molar-refractivity contribution is 7.89. The van der Waals surface area contributed by atoms with E-state index in [0.717, 1.165) is 18.4 Å². The van der Waals surface area contributed by atoms with Crippen LogP contribution in [0.1, 0.15) is 38.2 Å². The summed E-state index contributed by atoms with van der Waals surface area (Å²) in [6, 6.07) is 7.10. The van der Waals surface area contributed by atoms with Crippen LogP contribution in [0.15, 0.2) is 29.2 Å². The van der Waals surface area contributed by atoms with Gasteiger partial charge in [0.15, 0.2) is 0 Å². The third-order valence-electron chi connectivity index (χ3n) is 4.09. The normalized spacial score (nSPS) is 18.3. The van der Waals surface area contributed by atoms with E-state index in [1.807, 2.05) is 13.1 Å². The second kappa shape index (κ2) is 6.24. The Kier molecular flexibility index (Phi) is 4.83. The van der Waals surface area contributed by atoms with Crippen molar-refractivity contribution in [3.05, 3.63) is 29.8 Å². The van der Waals surface area contributed by atoms with Crippen molar-refractivity contribution in [2.24, 2.45) is 5.41 Å². The summed E-state index contributed by atoms with van der Waals surface area (Å²) in [6.45, 7) is 3.37. The van der Waals surface area contributed by atoms with Crippen LogP contribution in [0.2, 0.25) is 0 Å². The van der Waals surface area contributed by atoms with E-state index in [4.69, 9.17) is 0 Å². The van der Waals surface area contributed by atoms with Crippen LogP contribution in [-0.4, -0.2) is 22.0 Å². The lowest BCUT2D eigenvalue weighted by atomic mass is 9.89. The predicted molar refractivity (Wildman–Crippen MR) is 81.0 cm³/mol. The summed E-state index contributed by atoms with van der Waals surface area (Å²) in [5.74, 6) is 0. The zero-order chi connectivity index (χ0) is 14.6. The van der Waals surface area contributed by atoms with Gasteiger partial charge in [0.1, 0.15) is 0 Å². The largest absolute Gasteiger partial charge is 0.316 e. The van der Waals surface area contributed by atoms with Gasteiger partial charge < -0.3 is 5.32 Å². The SMILES string of the molecule is CNCc1cccc(S(=O)(=O)NCC2(C)CCCC2)c1. The highest BCUT2D eigenvalue weighted by atomic mass is 32.2. The molecule has 5 heteroatoms. The Morgan fingerprint density at radius 1 is 1.25 bits per heavy atom. The monoisotopic (exact) mass is 296 g/mol. The van der Waals surface area contributed by atoms with E-state index in [-0.39, 0.29) is 5.41 Å². The van der Waals surface area contributed by atoms with Gasteiger partial charge in [-0.1, -0.05) is 31.9 Å². The van der Waals surface area contributed by atoms with Crippen molar-refractivity contribution >= 4 is 10.0 Å². The molecular formula is C15H24N2O2S. The number of hydrogen-bond acceptors (Lipinski definition) is 3. The summed E-state index contributed by atoms with van der Waals surface area (Å²) in [6.07, 6.45) is 4.62. The standard InChI is InChI=1S/C15H24N2O2S/c1-15(8-3-4-9-15)12-17-20(18,19)14-7-5-6-13(10-14)11-16-2/h5-7,10,16-17H,3-4,8-9,11-12H2,1-2H3. The topological polar surface area (TPSA) is 58.2 Å². The summed E-state index contributed by atoms with van der Waals surface area (Å²) < 4.78 is 27.5. The van der Waals surface area contributed by atoms with E-state index < -0.39 is 10.0 Å². The smallest absolute Gasteiger partial charge is 0.240 e. The molecule has 1 fully saturated rings. The molecule has 1 aromatic rings. The lowest BCUT2D eigenvalue weighted by molar-refractivity contribution is 0.336. The first-order valence-electron chi connectivity index (χ1n) is 7.18. The van der Waals surface area contributed by atoms with E-state index in [2.05, 4.69) is 17.0 Å². The third-order valence-corrected chi connectivity index (χ3v) is 5.49. The molecule has 1 saturated carbocycles. The maximum atomic E-state index is 12.4. The molecule has 0 aromatic heterocycles. The van der Waals surface area contributed by atoms with Gasteiger partial charge >= 0.3 is 0 Å². The van der Waals surface area contributed by atoms with Gasteiger partial charge in [-0.25, -0.2) is 13.1 Å². The van der Waals surface area contributed by atoms with Crippen LogP contribution in [0, 0.1) is 5.41 Å². The molecule has 2 rings (SSSR count). The van der Waals surface area contributed by atoms with E-state index in [1.165, 1.54) is 12.8 Å². The summed E-state index contributed by atoms with van der Waals surface area (Å²) in [5, 5.41) is 3.03. The van der Waals surface area contributed by atoms with Crippen molar-refractivity contribution in [2.75, 3.05) is 13.6 Å². The highest BCUT2D eigenvalue weighted by Crippen LogP contribution is 2.36. The molecule has 0 unspecified atom stereocenters. The van der Waals surface area contributed by atoms with Gasteiger partial charge in [0, 0.05) is 13.1 Å². The lowest BCUT2D eigenvalue weighted by Crippen LogP contribution is -2.34. The Labute approximate surface area is 122 Å². The van der Waals surface area contributed by atoms with Crippen LogP contribution in [0.5, 0.6) is 0 Å². The molecule has 0 atom stereocenters. The van der Waals surface area contributed by atoms with Crippen LogP contribution >= 0.6 is 0 Å². The van der Waals surface area contributed by atoms with Crippen molar-refractivity contribution in [2.45, 2.75) is 44.0 Å². The summed E-state index contributed by atoms with van der Waals surface area (Å²) in [4.78, 5) is 0.354. The first-order valence-corrected chi connectivity index (χ1v) is 8.67. The number of benzene rings is 1. The van der Waals surface area contributed by atoms with Crippen molar-refractivity contribution < 1.29 is 8.42 Å². The lowest BCUT2D eigenvalue weighted by Gasteiger charge is -2.23. The minimum atomic E-state index is -3.40. The van der Waals surface area contributed by atoms with E-state index >= 15 is 0 Å². The van der Waals surface area contributed by atoms with Gasteiger partial charge in [-0.2, -0.15) is 0 Å². The van der Waals surface area contributed by atoms with Gasteiger partial charge in [0.2, 0.25) is 10.0 Å². The molecule has 0 radical (unpaired) electrons. The molecule has 0 saturated heterocycles. The van der Waals surface area contributed by atoms with Gasteiger partial charge in [0.05, 0.1) is 4.90 Å². The van der Waals surface area contributed by atoms with E-state index in [0.29, 0.717) is 18.0 Å². The van der Waals surface area contributed by atoms with E-state index in [1.54, 1.807) is 18.2 Å². The molecular weight excluding hydrogens is 272 g/mol. The van der Waals surface area contributed by atoms with Crippen molar-refractivity contribution in [1.29, 1.82) is 0 Å². The molecule has 0 bridgehead atoms. The Balaban J connectivity index is 2.07. The van der Waals surface area contributed by atoms with Crippen LogP contribution in [0.25, 0.3) is 0 Å². The Bertz CT molecular complexity index is 549. The molecule has 0 amide bonds. The van der Waals surface area contributed by atoms with Gasteiger partial charge in [-0.15, -0.1) is 0 Å². The minimum Gasteiger partial charge on any atom is -0.316 e. The molecule has 0 heterocycles. The quantitative estimate of drug-likeness (QED) is 0.846.